The largest absolute Gasteiger partial charge is 0.492 e. The molecule has 0 radical (unpaired) electrons. The third kappa shape index (κ3) is 6.70. The monoisotopic (exact) mass is 437 g/mol. The molecule has 3 rings (SSSR count). The van der Waals surface area contributed by atoms with E-state index in [2.05, 4.69) is 10.2 Å². The van der Waals surface area contributed by atoms with E-state index in [0.29, 0.717) is 38.3 Å². The summed E-state index contributed by atoms with van der Waals surface area (Å²) in [6, 6.07) is 13.9. The van der Waals surface area contributed by atoms with Gasteiger partial charge in [-0.25, -0.2) is 4.79 Å². The molecule has 2 aromatic carbocycles. The number of hydrogen-bond acceptors (Lipinski definition) is 4. The van der Waals surface area contributed by atoms with Crippen molar-refractivity contribution < 1.29 is 27.4 Å². The molecule has 0 saturated carbocycles. The first-order chi connectivity index (χ1) is 14.9. The molecule has 0 spiro atoms. The van der Waals surface area contributed by atoms with Crippen molar-refractivity contribution in [1.29, 1.82) is 0 Å². The van der Waals surface area contributed by atoms with E-state index in [1.165, 1.54) is 12.1 Å². The van der Waals surface area contributed by atoms with Crippen LogP contribution in [0.15, 0.2) is 48.5 Å². The molecule has 1 N–H and O–H groups in total. The summed E-state index contributed by atoms with van der Waals surface area (Å²) in [5.41, 5.74) is 1.68. The highest BCUT2D eigenvalue weighted by molar-refractivity contribution is 5.74. The van der Waals surface area contributed by atoms with Gasteiger partial charge in [0, 0.05) is 32.7 Å². The lowest BCUT2D eigenvalue weighted by Crippen LogP contribution is -2.51. The Hall–Kier alpha value is -3.10. The van der Waals surface area contributed by atoms with Crippen molar-refractivity contribution in [2.24, 2.45) is 0 Å². The van der Waals surface area contributed by atoms with Crippen LogP contribution in [0.3, 0.4) is 0 Å². The van der Waals surface area contributed by atoms with Crippen molar-refractivity contribution in [3.8, 4) is 11.5 Å². The topological polar surface area (TPSA) is 54.0 Å². The van der Waals surface area contributed by atoms with Gasteiger partial charge in [0.2, 0.25) is 0 Å². The van der Waals surface area contributed by atoms with E-state index in [4.69, 9.17) is 9.47 Å². The number of rotatable bonds is 7. The minimum atomic E-state index is -4.39. The Morgan fingerprint density at radius 3 is 2.48 bits per heavy atom. The van der Waals surface area contributed by atoms with Crippen LogP contribution < -0.4 is 19.7 Å². The lowest BCUT2D eigenvalue weighted by molar-refractivity contribution is -0.153. The lowest BCUT2D eigenvalue weighted by Gasteiger charge is -2.36. The van der Waals surface area contributed by atoms with Crippen molar-refractivity contribution >= 4 is 11.7 Å². The van der Waals surface area contributed by atoms with Crippen LogP contribution in [0.25, 0.3) is 0 Å². The molecule has 6 nitrogen and oxygen atoms in total. The van der Waals surface area contributed by atoms with Gasteiger partial charge in [0.25, 0.3) is 0 Å². The molecule has 1 saturated heterocycles. The van der Waals surface area contributed by atoms with Crippen molar-refractivity contribution in [2.75, 3.05) is 44.3 Å². The Bertz CT molecular complexity index is 868. The third-order valence-electron chi connectivity index (χ3n) is 4.82. The second-order valence-corrected chi connectivity index (χ2v) is 7.08. The van der Waals surface area contributed by atoms with Gasteiger partial charge in [0.15, 0.2) is 6.61 Å². The average molecular weight is 437 g/mol. The van der Waals surface area contributed by atoms with E-state index in [9.17, 15) is 18.0 Å². The number of amides is 2. The maximum Gasteiger partial charge on any atom is 0.422 e. The van der Waals surface area contributed by atoms with Gasteiger partial charge in [0.1, 0.15) is 11.5 Å². The van der Waals surface area contributed by atoms with E-state index in [1.807, 2.05) is 31.2 Å². The molecule has 31 heavy (non-hydrogen) atoms. The molecule has 1 aliphatic heterocycles. The molecular formula is C22H26F3N3O3. The molecule has 0 atom stereocenters. The van der Waals surface area contributed by atoms with Crippen molar-refractivity contribution in [1.82, 2.24) is 10.2 Å². The number of carbonyl (C=O) groups excluding carboxylic acids is 1. The summed E-state index contributed by atoms with van der Waals surface area (Å²) in [6.07, 6.45) is -4.39. The highest BCUT2D eigenvalue weighted by atomic mass is 19.4. The van der Waals surface area contributed by atoms with Gasteiger partial charge in [-0.1, -0.05) is 24.3 Å². The van der Waals surface area contributed by atoms with E-state index in [-0.39, 0.29) is 18.3 Å². The second-order valence-electron chi connectivity index (χ2n) is 7.08. The molecule has 168 valence electrons. The fourth-order valence-corrected chi connectivity index (χ4v) is 3.35. The van der Waals surface area contributed by atoms with Gasteiger partial charge in [-0.15, -0.1) is 0 Å². The maximum atomic E-state index is 12.5. The molecular weight excluding hydrogens is 411 g/mol. The predicted octanol–water partition coefficient (Wildman–Crippen LogP) is 4.06. The highest BCUT2D eigenvalue weighted by Gasteiger charge is 2.28. The number of nitrogens with zero attached hydrogens (tertiary/aromatic N) is 2. The quantitative estimate of drug-likeness (QED) is 0.710. The van der Waals surface area contributed by atoms with Crippen molar-refractivity contribution in [3.05, 3.63) is 54.1 Å². The molecule has 0 aromatic heterocycles. The van der Waals surface area contributed by atoms with Crippen LogP contribution in [-0.2, 0) is 6.54 Å². The SMILES string of the molecule is CCOc1ccccc1N1CCN(C(=O)NCc2cccc(OCC(F)(F)F)c2)CC1. The number of hydrogen-bond donors (Lipinski definition) is 1. The van der Waals surface area contributed by atoms with Gasteiger partial charge in [-0.2, -0.15) is 13.2 Å². The van der Waals surface area contributed by atoms with Crippen LogP contribution in [0.2, 0.25) is 0 Å². The van der Waals surface area contributed by atoms with Gasteiger partial charge in [-0.3, -0.25) is 0 Å². The Kier molecular flexibility index (Phi) is 7.49. The molecule has 1 fully saturated rings. The number of ether oxygens (including phenoxy) is 2. The van der Waals surface area contributed by atoms with Crippen LogP contribution in [0.1, 0.15) is 12.5 Å². The minimum absolute atomic E-state index is 0.116. The molecule has 9 heteroatoms. The van der Waals surface area contributed by atoms with Gasteiger partial charge >= 0.3 is 12.2 Å². The fourth-order valence-electron chi connectivity index (χ4n) is 3.35. The molecule has 0 aliphatic carbocycles. The third-order valence-corrected chi connectivity index (χ3v) is 4.82. The summed E-state index contributed by atoms with van der Waals surface area (Å²) in [5.74, 6) is 0.946. The number of para-hydroxylation sites is 2. The molecule has 2 amide bonds. The molecule has 1 heterocycles. The Labute approximate surface area is 179 Å². The first-order valence-corrected chi connectivity index (χ1v) is 10.1. The molecule has 2 aromatic rings. The number of anilines is 1. The highest BCUT2D eigenvalue weighted by Crippen LogP contribution is 2.28. The second kappa shape index (κ2) is 10.3. The van der Waals surface area contributed by atoms with Gasteiger partial charge in [-0.05, 0) is 36.8 Å². The fraction of sp³-hybridized carbons (Fsp3) is 0.409. The standard InChI is InChI=1S/C22H26F3N3O3/c1-2-30-20-9-4-3-8-19(20)27-10-12-28(13-11-27)21(29)26-15-17-6-5-7-18(14-17)31-16-22(23,24)25/h3-9,14H,2,10-13,15-16H2,1H3,(H,26,29). The van der Waals surface area contributed by atoms with Crippen LogP contribution >= 0.6 is 0 Å². The number of alkyl halides is 3. The number of halogens is 3. The van der Waals surface area contributed by atoms with E-state index in [1.54, 1.807) is 17.0 Å². The van der Waals surface area contributed by atoms with Crippen LogP contribution in [-0.4, -0.2) is 56.5 Å². The van der Waals surface area contributed by atoms with Gasteiger partial charge in [0.05, 0.1) is 12.3 Å². The van der Waals surface area contributed by atoms with Crippen molar-refractivity contribution in [3.63, 3.8) is 0 Å². The zero-order valence-electron chi connectivity index (χ0n) is 17.3. The van der Waals surface area contributed by atoms with Crippen LogP contribution in [0, 0.1) is 0 Å². The zero-order chi connectivity index (χ0) is 22.3. The number of nitrogens with one attached hydrogen (secondary N) is 1. The van der Waals surface area contributed by atoms with Crippen LogP contribution in [0.5, 0.6) is 11.5 Å². The first kappa shape index (κ1) is 22.6. The minimum Gasteiger partial charge on any atom is -0.492 e. The van der Waals surface area contributed by atoms with Crippen LogP contribution in [0.4, 0.5) is 23.7 Å². The summed E-state index contributed by atoms with van der Waals surface area (Å²) in [7, 11) is 0. The summed E-state index contributed by atoms with van der Waals surface area (Å²) in [4.78, 5) is 16.4. The number of piperazine rings is 1. The Morgan fingerprint density at radius 2 is 1.77 bits per heavy atom. The van der Waals surface area contributed by atoms with E-state index < -0.39 is 12.8 Å². The van der Waals surface area contributed by atoms with Gasteiger partial charge < -0.3 is 24.6 Å². The summed E-state index contributed by atoms with van der Waals surface area (Å²) in [6.45, 7) is 3.85. The number of carbonyl (C=O) groups is 1. The van der Waals surface area contributed by atoms with E-state index >= 15 is 0 Å². The molecule has 1 aliphatic rings. The van der Waals surface area contributed by atoms with E-state index in [0.717, 1.165) is 11.4 Å². The zero-order valence-corrected chi connectivity index (χ0v) is 17.3. The molecule has 0 unspecified atom stereocenters. The average Bonchev–Trinajstić information content (AvgIpc) is 2.77. The Morgan fingerprint density at radius 1 is 1.03 bits per heavy atom. The normalized spacial score (nSPS) is 14.3. The number of urea groups is 1. The number of benzene rings is 2. The summed E-state index contributed by atoms with van der Waals surface area (Å²) < 4.78 is 47.3. The Balaban J connectivity index is 1.49. The van der Waals surface area contributed by atoms with Crippen molar-refractivity contribution in [2.45, 2.75) is 19.6 Å². The predicted molar refractivity (Wildman–Crippen MR) is 112 cm³/mol. The lowest BCUT2D eigenvalue weighted by atomic mass is 10.2. The first-order valence-electron chi connectivity index (χ1n) is 10.1. The summed E-state index contributed by atoms with van der Waals surface area (Å²) in [5, 5.41) is 2.82. The molecule has 0 bridgehead atoms. The smallest absolute Gasteiger partial charge is 0.422 e. The summed E-state index contributed by atoms with van der Waals surface area (Å²) >= 11 is 0. The maximum absolute atomic E-state index is 12.5.